The first-order valence-electron chi connectivity index (χ1n) is 7.70. The van der Waals surface area contributed by atoms with Gasteiger partial charge in [0.2, 0.25) is 10.0 Å². The van der Waals surface area contributed by atoms with E-state index in [0.29, 0.717) is 18.8 Å². The second-order valence-electron chi connectivity index (χ2n) is 5.29. The van der Waals surface area contributed by atoms with E-state index in [1.807, 2.05) is 0 Å². The van der Waals surface area contributed by atoms with Crippen molar-refractivity contribution in [2.75, 3.05) is 39.6 Å². The highest BCUT2D eigenvalue weighted by Gasteiger charge is 2.19. The maximum Gasteiger partial charge on any atom is 0.251 e. The second-order valence-corrected chi connectivity index (χ2v) is 7.06. The first-order chi connectivity index (χ1) is 11.5. The summed E-state index contributed by atoms with van der Waals surface area (Å²) in [5.74, 6) is -0.250. The fourth-order valence-corrected chi connectivity index (χ4v) is 3.21. The monoisotopic (exact) mass is 358 g/mol. The van der Waals surface area contributed by atoms with Crippen molar-refractivity contribution in [3.05, 3.63) is 29.8 Å². The predicted octanol–water partition coefficient (Wildman–Crippen LogP) is -0.507. The number of benzene rings is 1. The molecule has 1 saturated heterocycles. The largest absolute Gasteiger partial charge is 0.394 e. The van der Waals surface area contributed by atoms with Crippen LogP contribution in [-0.2, 0) is 19.5 Å². The Morgan fingerprint density at radius 1 is 1.29 bits per heavy atom. The lowest BCUT2D eigenvalue weighted by molar-refractivity contribution is 0.0930. The number of hydrogen-bond donors (Lipinski definition) is 3. The molecule has 0 bridgehead atoms. The fraction of sp³-hybridized carbons (Fsp3) is 0.533. The number of amides is 1. The summed E-state index contributed by atoms with van der Waals surface area (Å²) in [4.78, 5) is 12.1. The molecule has 0 radical (unpaired) electrons. The lowest BCUT2D eigenvalue weighted by atomic mass is 10.2. The summed E-state index contributed by atoms with van der Waals surface area (Å²) in [6.45, 7) is 1.47. The maximum atomic E-state index is 12.1. The number of aliphatic hydroxyl groups is 1. The average molecular weight is 358 g/mol. The van der Waals surface area contributed by atoms with Gasteiger partial charge in [0.05, 0.1) is 37.4 Å². The Hall–Kier alpha value is -1.52. The van der Waals surface area contributed by atoms with Gasteiger partial charge in [0.25, 0.3) is 5.91 Å². The first-order valence-corrected chi connectivity index (χ1v) is 9.18. The molecule has 3 N–H and O–H groups in total. The molecule has 8 nitrogen and oxygen atoms in total. The second kappa shape index (κ2) is 9.09. The van der Waals surface area contributed by atoms with Crippen molar-refractivity contribution in [2.24, 2.45) is 0 Å². The molecule has 1 amide bonds. The summed E-state index contributed by atoms with van der Waals surface area (Å²) in [6, 6.07) is 5.72. The maximum absolute atomic E-state index is 12.1. The highest BCUT2D eigenvalue weighted by atomic mass is 32.2. The summed E-state index contributed by atoms with van der Waals surface area (Å²) in [7, 11) is -3.66. The van der Waals surface area contributed by atoms with Crippen LogP contribution < -0.4 is 10.0 Å². The zero-order valence-electron chi connectivity index (χ0n) is 13.2. The zero-order valence-corrected chi connectivity index (χ0v) is 14.0. The number of hydrogen-bond acceptors (Lipinski definition) is 6. The van der Waals surface area contributed by atoms with E-state index >= 15 is 0 Å². The average Bonchev–Trinajstić information content (AvgIpc) is 3.07. The molecule has 9 heteroatoms. The topological polar surface area (TPSA) is 114 Å². The van der Waals surface area contributed by atoms with Gasteiger partial charge in [0.15, 0.2) is 0 Å². The van der Waals surface area contributed by atoms with Gasteiger partial charge in [-0.2, -0.15) is 0 Å². The van der Waals surface area contributed by atoms with Crippen LogP contribution in [0.1, 0.15) is 16.8 Å². The third kappa shape index (κ3) is 5.53. The molecule has 0 spiro atoms. The Bertz CT molecular complexity index is 626. The number of nitrogens with one attached hydrogen (secondary N) is 2. The number of carbonyl (C=O) groups excluding carboxylic acids is 1. The van der Waals surface area contributed by atoms with Gasteiger partial charge in [-0.15, -0.1) is 0 Å². The molecule has 1 aliphatic heterocycles. The number of rotatable bonds is 9. The van der Waals surface area contributed by atoms with Crippen LogP contribution in [0.4, 0.5) is 0 Å². The van der Waals surface area contributed by atoms with Gasteiger partial charge in [0.1, 0.15) is 0 Å². The number of sulfonamides is 1. The SMILES string of the molecule is O=C(N[C@H]1CCOC1)c1ccc(S(=O)(=O)NCCOCCO)cc1. The Kier molecular flexibility index (Phi) is 7.13. The van der Waals surface area contributed by atoms with E-state index in [4.69, 9.17) is 14.6 Å². The zero-order chi connectivity index (χ0) is 17.4. The van der Waals surface area contributed by atoms with Crippen molar-refractivity contribution in [3.8, 4) is 0 Å². The van der Waals surface area contributed by atoms with Gasteiger partial charge in [0, 0.05) is 18.7 Å². The van der Waals surface area contributed by atoms with E-state index in [9.17, 15) is 13.2 Å². The molecule has 0 saturated carbocycles. The van der Waals surface area contributed by atoms with Crippen molar-refractivity contribution in [1.29, 1.82) is 0 Å². The fourth-order valence-electron chi connectivity index (χ4n) is 2.20. The minimum absolute atomic E-state index is 0.00139. The van der Waals surface area contributed by atoms with Crippen molar-refractivity contribution in [2.45, 2.75) is 17.4 Å². The van der Waals surface area contributed by atoms with Crippen LogP contribution in [0.25, 0.3) is 0 Å². The summed E-state index contributed by atoms with van der Waals surface area (Å²) < 4.78 is 36.8. The van der Waals surface area contributed by atoms with Gasteiger partial charge in [-0.3, -0.25) is 4.79 Å². The molecule has 1 fully saturated rings. The van der Waals surface area contributed by atoms with Gasteiger partial charge in [-0.05, 0) is 30.7 Å². The Balaban J connectivity index is 1.88. The van der Waals surface area contributed by atoms with Crippen LogP contribution in [-0.4, -0.2) is 65.1 Å². The van der Waals surface area contributed by atoms with Crippen LogP contribution >= 0.6 is 0 Å². The summed E-state index contributed by atoms with van der Waals surface area (Å²) >= 11 is 0. The van der Waals surface area contributed by atoms with Crippen molar-refractivity contribution in [1.82, 2.24) is 10.0 Å². The van der Waals surface area contributed by atoms with Crippen molar-refractivity contribution in [3.63, 3.8) is 0 Å². The van der Waals surface area contributed by atoms with Gasteiger partial charge < -0.3 is 19.9 Å². The van der Waals surface area contributed by atoms with E-state index in [0.717, 1.165) is 6.42 Å². The standard InChI is InChI=1S/C15H22N2O6S/c18-7-10-22-9-6-16-24(20,21)14-3-1-12(2-4-14)15(19)17-13-5-8-23-11-13/h1-4,13,16,18H,5-11H2,(H,17,19)/t13-/m0/s1. The number of aliphatic hydroxyl groups excluding tert-OH is 1. The van der Waals surface area contributed by atoms with Crippen LogP contribution in [0.2, 0.25) is 0 Å². The molecular formula is C15H22N2O6S. The van der Waals surface area contributed by atoms with E-state index in [1.165, 1.54) is 24.3 Å². The molecule has 0 unspecified atom stereocenters. The number of carbonyl (C=O) groups is 1. The summed E-state index contributed by atoms with van der Waals surface area (Å²) in [5.41, 5.74) is 0.395. The van der Waals surface area contributed by atoms with Crippen LogP contribution in [0, 0.1) is 0 Å². The Morgan fingerprint density at radius 2 is 2.04 bits per heavy atom. The third-order valence-electron chi connectivity index (χ3n) is 3.47. The van der Waals surface area contributed by atoms with Crippen LogP contribution in [0.5, 0.6) is 0 Å². The van der Waals surface area contributed by atoms with Crippen LogP contribution in [0.3, 0.4) is 0 Å². The quantitative estimate of drug-likeness (QED) is 0.513. The Labute approximate surface area is 141 Å². The molecule has 1 aromatic carbocycles. The highest BCUT2D eigenvalue weighted by molar-refractivity contribution is 7.89. The van der Waals surface area contributed by atoms with Gasteiger partial charge in [-0.1, -0.05) is 0 Å². The third-order valence-corrected chi connectivity index (χ3v) is 4.94. The van der Waals surface area contributed by atoms with Crippen molar-refractivity contribution >= 4 is 15.9 Å². The van der Waals surface area contributed by atoms with E-state index in [2.05, 4.69) is 10.0 Å². The smallest absolute Gasteiger partial charge is 0.251 e. The Morgan fingerprint density at radius 3 is 2.67 bits per heavy atom. The predicted molar refractivity (Wildman–Crippen MR) is 86.2 cm³/mol. The molecule has 24 heavy (non-hydrogen) atoms. The molecule has 134 valence electrons. The molecule has 2 rings (SSSR count). The van der Waals surface area contributed by atoms with Crippen molar-refractivity contribution < 1.29 is 27.8 Å². The van der Waals surface area contributed by atoms with Gasteiger partial charge >= 0.3 is 0 Å². The lowest BCUT2D eigenvalue weighted by Gasteiger charge is -2.11. The summed E-state index contributed by atoms with van der Waals surface area (Å²) in [6.07, 6.45) is 0.778. The minimum atomic E-state index is -3.66. The van der Waals surface area contributed by atoms with Crippen LogP contribution in [0.15, 0.2) is 29.2 Å². The molecule has 0 aliphatic carbocycles. The normalized spacial score (nSPS) is 17.8. The molecule has 0 aromatic heterocycles. The molecule has 1 aromatic rings. The minimum Gasteiger partial charge on any atom is -0.394 e. The summed E-state index contributed by atoms with van der Waals surface area (Å²) in [5, 5.41) is 11.4. The van der Waals surface area contributed by atoms with E-state index in [1.54, 1.807) is 0 Å². The first kappa shape index (κ1) is 18.8. The number of ether oxygens (including phenoxy) is 2. The molecule has 1 atom stereocenters. The van der Waals surface area contributed by atoms with E-state index in [-0.39, 0.29) is 43.2 Å². The van der Waals surface area contributed by atoms with E-state index < -0.39 is 10.0 Å². The molecule has 1 heterocycles. The van der Waals surface area contributed by atoms with Gasteiger partial charge in [-0.25, -0.2) is 13.1 Å². The highest BCUT2D eigenvalue weighted by Crippen LogP contribution is 2.11. The molecule has 1 aliphatic rings. The lowest BCUT2D eigenvalue weighted by Crippen LogP contribution is -2.35. The molecular weight excluding hydrogens is 336 g/mol.